The van der Waals surface area contributed by atoms with Gasteiger partial charge in [-0.3, -0.25) is 14.2 Å². The van der Waals surface area contributed by atoms with Crippen molar-refractivity contribution >= 4 is 27.7 Å². The van der Waals surface area contributed by atoms with Gasteiger partial charge in [-0.05, 0) is 47.9 Å². The van der Waals surface area contributed by atoms with Crippen LogP contribution in [0.1, 0.15) is 29.0 Å². The van der Waals surface area contributed by atoms with Gasteiger partial charge in [0.1, 0.15) is 17.6 Å². The maximum atomic E-state index is 13.7. The van der Waals surface area contributed by atoms with Crippen LogP contribution in [0.25, 0.3) is 21.8 Å². The molecular formula is C27H22N4O3. The molecule has 7 heteroatoms. The Bertz CT molecular complexity index is 1600. The molecule has 0 radical (unpaired) electrons. The minimum absolute atomic E-state index is 0.177. The van der Waals surface area contributed by atoms with Crippen molar-refractivity contribution in [3.05, 3.63) is 106 Å². The first-order valence-electron chi connectivity index (χ1n) is 11.2. The molecule has 0 unspecified atom stereocenters. The van der Waals surface area contributed by atoms with Crippen molar-refractivity contribution in [3.8, 4) is 5.75 Å². The largest absolute Gasteiger partial charge is 0.508 e. The van der Waals surface area contributed by atoms with Crippen molar-refractivity contribution < 1.29 is 9.90 Å². The number of carbonyl (C=O) groups is 1. The molecular weight excluding hydrogens is 428 g/mol. The molecule has 168 valence electrons. The van der Waals surface area contributed by atoms with Gasteiger partial charge in [0.05, 0.1) is 16.9 Å². The average molecular weight is 450 g/mol. The lowest BCUT2D eigenvalue weighted by atomic mass is 9.97. The molecule has 3 aromatic carbocycles. The van der Waals surface area contributed by atoms with Gasteiger partial charge in [0, 0.05) is 23.5 Å². The summed E-state index contributed by atoms with van der Waals surface area (Å²) in [5.74, 6) is 0.512. The summed E-state index contributed by atoms with van der Waals surface area (Å²) in [6.45, 7) is 0. The third-order valence-corrected chi connectivity index (χ3v) is 6.54. The van der Waals surface area contributed by atoms with E-state index in [-0.39, 0.29) is 17.2 Å². The highest BCUT2D eigenvalue weighted by Crippen LogP contribution is 2.30. The number of phenolic OH excluding ortho intramolecular Hbond substituents is 1. The highest BCUT2D eigenvalue weighted by Gasteiger charge is 2.36. The number of nitrogens with one attached hydrogen (secondary N) is 2. The fourth-order valence-electron chi connectivity index (χ4n) is 4.86. The lowest BCUT2D eigenvalue weighted by Crippen LogP contribution is -2.49. The Morgan fingerprint density at radius 3 is 2.44 bits per heavy atom. The van der Waals surface area contributed by atoms with Gasteiger partial charge in [0.15, 0.2) is 0 Å². The molecule has 0 spiro atoms. The second kappa shape index (κ2) is 7.88. The highest BCUT2D eigenvalue weighted by molar-refractivity contribution is 5.87. The number of hydrogen-bond acceptors (Lipinski definition) is 4. The molecule has 3 heterocycles. The number of rotatable bonds is 4. The number of amides is 1. The Morgan fingerprint density at radius 1 is 0.882 bits per heavy atom. The van der Waals surface area contributed by atoms with E-state index in [4.69, 9.17) is 4.98 Å². The van der Waals surface area contributed by atoms with Crippen LogP contribution in [-0.4, -0.2) is 25.5 Å². The van der Waals surface area contributed by atoms with Gasteiger partial charge in [-0.15, -0.1) is 0 Å². The summed E-state index contributed by atoms with van der Waals surface area (Å²) in [5, 5.41) is 14.2. The number of aromatic amines is 1. The average Bonchev–Trinajstić information content (AvgIpc) is 3.26. The number of benzene rings is 3. The maximum absolute atomic E-state index is 13.7. The van der Waals surface area contributed by atoms with Gasteiger partial charge < -0.3 is 15.4 Å². The number of carbonyl (C=O) groups excluding carboxylic acids is 1. The van der Waals surface area contributed by atoms with E-state index < -0.39 is 12.1 Å². The van der Waals surface area contributed by atoms with E-state index in [9.17, 15) is 14.7 Å². The van der Waals surface area contributed by atoms with Crippen molar-refractivity contribution in [2.24, 2.45) is 0 Å². The smallest absolute Gasteiger partial charge is 0.262 e. The molecule has 34 heavy (non-hydrogen) atoms. The highest BCUT2D eigenvalue weighted by atomic mass is 16.3. The van der Waals surface area contributed by atoms with E-state index >= 15 is 0 Å². The first kappa shape index (κ1) is 20.2. The standard InChI is InChI=1S/C27H22N4O3/c32-18-11-9-16(10-12-18)13-23-25-29-22-8-4-2-6-20(22)27(34)31(25)24(26(33)30-23)14-17-15-28-21-7-3-1-5-19(17)21/h1-12,15,23-24,28,32H,13-14H2,(H,30,33)/t23-,24-/m0/s1. The third-order valence-electron chi connectivity index (χ3n) is 6.54. The monoisotopic (exact) mass is 450 g/mol. The van der Waals surface area contributed by atoms with Crippen LogP contribution in [0.5, 0.6) is 5.75 Å². The third kappa shape index (κ3) is 3.33. The summed E-state index contributed by atoms with van der Waals surface area (Å²) < 4.78 is 1.58. The summed E-state index contributed by atoms with van der Waals surface area (Å²) in [6, 6.07) is 20.8. The first-order chi connectivity index (χ1) is 16.6. The van der Waals surface area contributed by atoms with Crippen LogP contribution in [0, 0.1) is 0 Å². The number of hydrogen-bond donors (Lipinski definition) is 3. The van der Waals surface area contributed by atoms with Crippen molar-refractivity contribution in [1.29, 1.82) is 0 Å². The van der Waals surface area contributed by atoms with Gasteiger partial charge in [-0.25, -0.2) is 4.98 Å². The first-order valence-corrected chi connectivity index (χ1v) is 11.2. The minimum atomic E-state index is -0.713. The number of para-hydroxylation sites is 2. The number of aromatic hydroxyl groups is 1. The van der Waals surface area contributed by atoms with E-state index in [0.717, 1.165) is 22.0 Å². The van der Waals surface area contributed by atoms with E-state index in [0.29, 0.717) is 29.6 Å². The van der Waals surface area contributed by atoms with Crippen LogP contribution < -0.4 is 10.9 Å². The van der Waals surface area contributed by atoms with Gasteiger partial charge >= 0.3 is 0 Å². The summed E-state index contributed by atoms with van der Waals surface area (Å²) in [7, 11) is 0. The molecule has 5 aromatic rings. The van der Waals surface area contributed by atoms with Gasteiger partial charge in [-0.2, -0.15) is 0 Å². The van der Waals surface area contributed by atoms with Crippen molar-refractivity contribution in [2.45, 2.75) is 24.9 Å². The quantitative estimate of drug-likeness (QED) is 0.388. The van der Waals surface area contributed by atoms with Crippen LogP contribution >= 0.6 is 0 Å². The van der Waals surface area contributed by atoms with Crippen molar-refractivity contribution in [3.63, 3.8) is 0 Å². The zero-order chi connectivity index (χ0) is 23.2. The van der Waals surface area contributed by atoms with Crippen molar-refractivity contribution in [1.82, 2.24) is 19.9 Å². The Hall–Kier alpha value is -4.39. The van der Waals surface area contributed by atoms with E-state index in [1.807, 2.05) is 60.8 Å². The van der Waals surface area contributed by atoms with Gasteiger partial charge in [0.25, 0.3) is 5.56 Å². The Labute approximate surface area is 194 Å². The SMILES string of the molecule is O=C1N[C@@H](Cc2ccc(O)cc2)c2nc3ccccc3c(=O)n2[C@H]1Cc1c[nH]c2ccccc12. The zero-order valence-electron chi connectivity index (χ0n) is 18.2. The molecule has 0 aliphatic carbocycles. The second-order valence-corrected chi connectivity index (χ2v) is 8.67. The van der Waals surface area contributed by atoms with Crippen LogP contribution in [-0.2, 0) is 17.6 Å². The number of aromatic nitrogens is 3. The topological polar surface area (TPSA) is 100 Å². The predicted molar refractivity (Wildman–Crippen MR) is 130 cm³/mol. The number of phenols is 1. The van der Waals surface area contributed by atoms with Gasteiger partial charge in [-0.1, -0.05) is 42.5 Å². The molecule has 2 aromatic heterocycles. The predicted octanol–water partition coefficient (Wildman–Crippen LogP) is 3.78. The Balaban J connectivity index is 1.48. The fraction of sp³-hybridized carbons (Fsp3) is 0.148. The molecule has 1 amide bonds. The van der Waals surface area contributed by atoms with E-state index in [1.165, 1.54) is 0 Å². The molecule has 1 aliphatic heterocycles. The Kier molecular flexibility index (Phi) is 4.69. The summed E-state index contributed by atoms with van der Waals surface area (Å²) in [6.07, 6.45) is 2.73. The fourth-order valence-corrected chi connectivity index (χ4v) is 4.86. The summed E-state index contributed by atoms with van der Waals surface area (Å²) >= 11 is 0. The van der Waals surface area contributed by atoms with E-state index in [2.05, 4.69) is 10.3 Å². The molecule has 2 atom stereocenters. The van der Waals surface area contributed by atoms with Crippen LogP contribution in [0.3, 0.4) is 0 Å². The summed E-state index contributed by atoms with van der Waals surface area (Å²) in [5.41, 5.74) is 3.28. The normalized spacial score (nSPS) is 17.6. The maximum Gasteiger partial charge on any atom is 0.262 e. The molecule has 0 saturated heterocycles. The molecule has 1 aliphatic rings. The van der Waals surface area contributed by atoms with E-state index in [1.54, 1.807) is 22.8 Å². The number of nitrogens with zero attached hydrogens (tertiary/aromatic N) is 2. The lowest BCUT2D eigenvalue weighted by molar-refractivity contribution is -0.126. The Morgan fingerprint density at radius 2 is 1.62 bits per heavy atom. The molecule has 0 bridgehead atoms. The van der Waals surface area contributed by atoms with Crippen LogP contribution in [0.4, 0.5) is 0 Å². The van der Waals surface area contributed by atoms with Crippen molar-refractivity contribution in [2.75, 3.05) is 0 Å². The second-order valence-electron chi connectivity index (χ2n) is 8.67. The minimum Gasteiger partial charge on any atom is -0.508 e. The lowest BCUT2D eigenvalue weighted by Gasteiger charge is -2.33. The summed E-state index contributed by atoms with van der Waals surface area (Å²) in [4.78, 5) is 35.2. The molecule has 6 rings (SSSR count). The molecule has 3 N–H and O–H groups in total. The molecule has 0 fully saturated rings. The van der Waals surface area contributed by atoms with Crippen LogP contribution in [0.2, 0.25) is 0 Å². The zero-order valence-corrected chi connectivity index (χ0v) is 18.2. The molecule has 7 nitrogen and oxygen atoms in total. The molecule has 0 saturated carbocycles. The number of H-pyrrole nitrogens is 1. The number of fused-ring (bicyclic) bond motifs is 3. The van der Waals surface area contributed by atoms with Crippen LogP contribution in [0.15, 0.2) is 83.8 Å². The van der Waals surface area contributed by atoms with Gasteiger partial charge in [0.2, 0.25) is 5.91 Å².